The Bertz CT molecular complexity index is 1610. The average Bonchev–Trinajstić information content (AvgIpc) is 3.40. The molecule has 1 aliphatic heterocycles. The first-order chi connectivity index (χ1) is 21.6. The Morgan fingerprint density at radius 1 is 0.659 bits per heavy atom. The fourth-order valence-electron chi connectivity index (χ4n) is 6.86. The molecular weight excluding hydrogens is 578 g/mol. The first-order valence-corrected chi connectivity index (χ1v) is 19.2. The van der Waals surface area contributed by atoms with Gasteiger partial charge in [-0.25, -0.2) is 0 Å². The van der Waals surface area contributed by atoms with Crippen LogP contribution in [0.5, 0.6) is 0 Å². The minimum Gasteiger partial charge on any atom is -0.399 e. The van der Waals surface area contributed by atoms with Gasteiger partial charge in [-0.3, -0.25) is 4.52 Å². The fraction of sp³-hybridized carbons (Fsp3) is 0.385. The van der Waals surface area contributed by atoms with Crippen LogP contribution in [0.25, 0.3) is 21.9 Å². The summed E-state index contributed by atoms with van der Waals surface area (Å²) >= 11 is 0. The van der Waals surface area contributed by atoms with E-state index in [0.717, 1.165) is 60.5 Å². The second-order valence-electron chi connectivity index (χ2n) is 12.4. The van der Waals surface area contributed by atoms with Gasteiger partial charge in [0.2, 0.25) is 0 Å². The molecule has 3 nitrogen and oxygen atoms in total. The van der Waals surface area contributed by atoms with Crippen LogP contribution < -0.4 is 4.52 Å². The van der Waals surface area contributed by atoms with Crippen LogP contribution in [0.4, 0.5) is 0 Å². The van der Waals surface area contributed by atoms with Crippen molar-refractivity contribution in [3.63, 3.8) is 0 Å². The van der Waals surface area contributed by atoms with Crippen LogP contribution in [0.3, 0.4) is 0 Å². The summed E-state index contributed by atoms with van der Waals surface area (Å²) in [6.07, 6.45) is 9.57. The summed E-state index contributed by atoms with van der Waals surface area (Å²) in [5.41, 5.74) is 10.8. The van der Waals surface area contributed by atoms with Crippen LogP contribution in [0.1, 0.15) is 97.1 Å². The van der Waals surface area contributed by atoms with Crippen molar-refractivity contribution < 1.29 is 12.9 Å². The molecule has 0 N–H and O–H groups in total. The summed E-state index contributed by atoms with van der Waals surface area (Å²) in [6, 6.07) is 31.3. The van der Waals surface area contributed by atoms with E-state index in [2.05, 4.69) is 113 Å². The van der Waals surface area contributed by atoms with Gasteiger partial charge in [-0.15, -0.1) is 0 Å². The molecular formula is C39H46O3P2. The van der Waals surface area contributed by atoms with E-state index in [1.165, 1.54) is 46.2 Å². The third-order valence-electron chi connectivity index (χ3n) is 9.04. The van der Waals surface area contributed by atoms with Crippen LogP contribution in [-0.2, 0) is 12.8 Å². The highest BCUT2D eigenvalue weighted by Gasteiger charge is 2.38. The summed E-state index contributed by atoms with van der Waals surface area (Å²) in [4.78, 5) is 0. The summed E-state index contributed by atoms with van der Waals surface area (Å²) < 4.78 is 20.7. The van der Waals surface area contributed by atoms with Crippen LogP contribution in [-0.4, -0.2) is 6.35 Å². The zero-order chi connectivity index (χ0) is 30.5. The molecule has 0 spiro atoms. The van der Waals surface area contributed by atoms with Crippen molar-refractivity contribution in [2.75, 3.05) is 6.35 Å². The predicted molar refractivity (Wildman–Crippen MR) is 189 cm³/mol. The molecule has 0 aliphatic carbocycles. The normalized spacial score (nSPS) is 18.3. The van der Waals surface area contributed by atoms with Gasteiger partial charge in [-0.1, -0.05) is 107 Å². The number of rotatable bonds is 11. The third-order valence-corrected chi connectivity index (χ3v) is 13.4. The van der Waals surface area contributed by atoms with Crippen molar-refractivity contribution >= 4 is 38.1 Å². The van der Waals surface area contributed by atoms with E-state index in [4.69, 9.17) is 12.9 Å². The van der Waals surface area contributed by atoms with Crippen molar-refractivity contribution in [2.24, 2.45) is 0 Å². The van der Waals surface area contributed by atoms with Crippen molar-refractivity contribution in [1.29, 1.82) is 0 Å². The second kappa shape index (κ2) is 14.5. The zero-order valence-corrected chi connectivity index (χ0v) is 28.5. The SMILES string of the molecule is CCCCc1cc(C)cc2c1op(OCP1C(c3ccccc3)CCC1c1ccccc1)oc1c(CCCC)cc(C)cc12. The van der Waals surface area contributed by atoms with Crippen molar-refractivity contribution in [3.8, 4) is 0 Å². The van der Waals surface area contributed by atoms with Gasteiger partial charge < -0.3 is 8.39 Å². The molecule has 5 heteroatoms. The molecule has 2 heterocycles. The first kappa shape index (κ1) is 31.2. The van der Waals surface area contributed by atoms with Crippen LogP contribution >= 0.6 is 16.2 Å². The molecule has 0 saturated carbocycles. The maximum absolute atomic E-state index is 6.89. The Balaban J connectivity index is 1.47. The molecule has 0 amide bonds. The smallest absolute Gasteiger partial charge is 0.387 e. The monoisotopic (exact) mass is 624 g/mol. The van der Waals surface area contributed by atoms with Gasteiger partial charge >= 0.3 is 8.24 Å². The average molecular weight is 625 g/mol. The Morgan fingerprint density at radius 2 is 1.11 bits per heavy atom. The summed E-state index contributed by atoms with van der Waals surface area (Å²) in [6.45, 7) is 8.90. The maximum Gasteiger partial charge on any atom is 0.387 e. The molecule has 1 aromatic heterocycles. The number of hydrogen-bond donors (Lipinski definition) is 0. The van der Waals surface area contributed by atoms with Crippen LogP contribution in [0.2, 0.25) is 0 Å². The Labute approximate surface area is 265 Å². The van der Waals surface area contributed by atoms with Crippen molar-refractivity contribution in [3.05, 3.63) is 118 Å². The summed E-state index contributed by atoms with van der Waals surface area (Å²) in [5, 5.41) is 2.30. The predicted octanol–water partition coefficient (Wildman–Crippen LogP) is 12.7. The summed E-state index contributed by atoms with van der Waals surface area (Å²) in [5.74, 6) is 0. The number of benzene rings is 4. The molecule has 1 fully saturated rings. The molecule has 230 valence electrons. The van der Waals surface area contributed by atoms with Gasteiger partial charge in [0.05, 0.1) is 6.35 Å². The molecule has 1 aliphatic rings. The van der Waals surface area contributed by atoms with Crippen molar-refractivity contribution in [2.45, 2.75) is 90.4 Å². The van der Waals surface area contributed by atoms with E-state index in [1.807, 2.05) is 0 Å². The third kappa shape index (κ3) is 6.87. The lowest BCUT2D eigenvalue weighted by Gasteiger charge is -2.25. The maximum atomic E-state index is 6.89. The van der Waals surface area contributed by atoms with Gasteiger partial charge in [-0.05, 0) is 97.9 Å². The molecule has 2 unspecified atom stereocenters. The van der Waals surface area contributed by atoms with E-state index in [-0.39, 0.29) is 0 Å². The lowest BCUT2D eigenvalue weighted by molar-refractivity contribution is 0.432. The van der Waals surface area contributed by atoms with Crippen molar-refractivity contribution in [1.82, 2.24) is 0 Å². The largest absolute Gasteiger partial charge is 0.399 e. The molecule has 6 rings (SSSR count). The molecule has 44 heavy (non-hydrogen) atoms. The van der Waals surface area contributed by atoms with E-state index in [1.54, 1.807) is 0 Å². The highest BCUT2D eigenvalue weighted by atomic mass is 31.1. The summed E-state index contributed by atoms with van der Waals surface area (Å²) in [7, 11) is -2.13. The van der Waals surface area contributed by atoms with Gasteiger partial charge in [0.25, 0.3) is 0 Å². The number of unbranched alkanes of at least 4 members (excludes halogenated alkanes) is 2. The molecule has 0 radical (unpaired) electrons. The Kier molecular flexibility index (Phi) is 10.3. The van der Waals surface area contributed by atoms with Crippen LogP contribution in [0.15, 0.2) is 93.3 Å². The standard InChI is InChI=1S/C39H46O3P2/c1-5-7-15-32-23-28(3)25-34-35-26-29(4)24-33(16-8-6-2)39(35)42-44(41-38(32)34)40-27-43-36(30-17-11-9-12-18-30)21-22-37(43)31-19-13-10-14-20-31/h9-14,17-20,23-26,36-37H,5-8,15-16,21-22,27H2,1-4H3. The number of aryl methyl sites for hydroxylation is 4. The molecule has 4 aromatic carbocycles. The van der Waals surface area contributed by atoms with Crippen LogP contribution in [0, 0.1) is 13.8 Å². The topological polar surface area (TPSA) is 35.5 Å². The van der Waals surface area contributed by atoms with Gasteiger partial charge in [0.1, 0.15) is 11.2 Å². The first-order valence-electron chi connectivity index (χ1n) is 16.5. The quantitative estimate of drug-likeness (QED) is 0.137. The van der Waals surface area contributed by atoms with E-state index in [9.17, 15) is 0 Å². The van der Waals surface area contributed by atoms with Gasteiger partial charge in [-0.2, -0.15) is 0 Å². The lowest BCUT2D eigenvalue weighted by atomic mass is 9.97. The number of hydrogen-bond acceptors (Lipinski definition) is 3. The highest BCUT2D eigenvalue weighted by molar-refractivity contribution is 7.59. The Hall–Kier alpha value is -2.83. The Morgan fingerprint density at radius 3 is 1.55 bits per heavy atom. The lowest BCUT2D eigenvalue weighted by Crippen LogP contribution is -2.02. The van der Waals surface area contributed by atoms with E-state index in [0.29, 0.717) is 17.7 Å². The second-order valence-corrected chi connectivity index (χ2v) is 16.0. The zero-order valence-electron chi connectivity index (χ0n) is 26.7. The fourth-order valence-corrected chi connectivity index (χ4v) is 11.5. The van der Waals surface area contributed by atoms with E-state index >= 15 is 0 Å². The van der Waals surface area contributed by atoms with Gasteiger partial charge in [0, 0.05) is 22.1 Å². The molecule has 0 bridgehead atoms. The van der Waals surface area contributed by atoms with E-state index < -0.39 is 16.2 Å². The van der Waals surface area contributed by atoms with Gasteiger partial charge in [0.15, 0.2) is 0 Å². The minimum absolute atomic E-state index is 0.503. The molecule has 2 atom stereocenters. The highest BCUT2D eigenvalue weighted by Crippen LogP contribution is 2.70. The molecule has 5 aromatic rings. The molecule has 1 saturated heterocycles. The minimum atomic E-state index is -1.63. The number of fused-ring (bicyclic) bond motifs is 3.